The second-order valence-electron chi connectivity index (χ2n) is 3.97. The lowest BCUT2D eigenvalue weighted by molar-refractivity contribution is 0.0696. The van der Waals surface area contributed by atoms with Gasteiger partial charge in [0.25, 0.3) is 0 Å². The molecule has 2 atom stereocenters. The first kappa shape index (κ1) is 14.9. The Morgan fingerprint density at radius 3 is 2.72 bits per heavy atom. The maximum Gasteiger partial charge on any atom is 0.337 e. The third-order valence-corrected chi connectivity index (χ3v) is 3.88. The number of aromatic nitrogens is 1. The number of aliphatic hydroxyl groups excluding tert-OH is 1. The minimum atomic E-state index is -0.974. The summed E-state index contributed by atoms with van der Waals surface area (Å²) in [5, 5.41) is 21.3. The molecule has 2 unspecified atom stereocenters. The highest BCUT2D eigenvalue weighted by Gasteiger charge is 2.14. The largest absolute Gasteiger partial charge is 0.478 e. The van der Waals surface area contributed by atoms with Gasteiger partial charge in [0.05, 0.1) is 17.9 Å². The monoisotopic (exact) mass is 270 g/mol. The lowest BCUT2D eigenvalue weighted by atomic mass is 10.2. The van der Waals surface area contributed by atoms with Gasteiger partial charge in [0.1, 0.15) is 0 Å². The summed E-state index contributed by atoms with van der Waals surface area (Å²) in [6, 6.07) is 3.39. The smallest absolute Gasteiger partial charge is 0.337 e. The average molecular weight is 270 g/mol. The number of pyridine rings is 1. The Balaban J connectivity index is 2.50. The number of hydrogen-bond donors (Lipinski definition) is 3. The van der Waals surface area contributed by atoms with Crippen molar-refractivity contribution in [3.8, 4) is 0 Å². The van der Waals surface area contributed by atoms with Crippen molar-refractivity contribution in [2.24, 2.45) is 0 Å². The number of hydrogen-bond acceptors (Lipinski definition) is 5. The van der Waals surface area contributed by atoms with Crippen LogP contribution in [0.1, 0.15) is 23.0 Å². The van der Waals surface area contributed by atoms with Crippen LogP contribution in [0.4, 0.5) is 0 Å². The summed E-state index contributed by atoms with van der Waals surface area (Å²) in [4.78, 5) is 14.7. The molecule has 0 aliphatic rings. The minimum Gasteiger partial charge on any atom is -0.478 e. The molecule has 0 aliphatic heterocycles. The van der Waals surface area contributed by atoms with Crippen molar-refractivity contribution >= 4 is 17.7 Å². The van der Waals surface area contributed by atoms with Gasteiger partial charge in [-0.25, -0.2) is 4.79 Å². The van der Waals surface area contributed by atoms with Crippen LogP contribution >= 0.6 is 11.8 Å². The van der Waals surface area contributed by atoms with E-state index in [4.69, 9.17) is 10.2 Å². The van der Waals surface area contributed by atoms with E-state index in [9.17, 15) is 4.79 Å². The molecule has 1 aromatic rings. The van der Waals surface area contributed by atoms with Gasteiger partial charge in [-0.2, -0.15) is 11.8 Å². The fourth-order valence-corrected chi connectivity index (χ4v) is 2.14. The number of rotatable bonds is 7. The first-order valence-electron chi connectivity index (χ1n) is 5.63. The summed E-state index contributed by atoms with van der Waals surface area (Å²) in [6.45, 7) is 2.68. The number of thioether (sulfide) groups is 1. The van der Waals surface area contributed by atoms with Gasteiger partial charge < -0.3 is 15.5 Å². The van der Waals surface area contributed by atoms with E-state index >= 15 is 0 Å². The normalized spacial score (nSPS) is 14.2. The second-order valence-corrected chi connectivity index (χ2v) is 5.05. The number of carboxylic acid groups (broad SMARTS) is 1. The van der Waals surface area contributed by atoms with E-state index in [-0.39, 0.29) is 23.5 Å². The number of nitrogens with zero attached hydrogens (tertiary/aromatic N) is 1. The summed E-state index contributed by atoms with van der Waals surface area (Å²) in [5.41, 5.74) is 0.966. The summed E-state index contributed by atoms with van der Waals surface area (Å²) in [7, 11) is 0. The summed E-state index contributed by atoms with van der Waals surface area (Å²) in [5.74, 6) is -0.974. The maximum absolute atomic E-state index is 10.7. The SMILES string of the molecule is CSC(CO)C(C)NCc1ccc(C(=O)O)cn1. The molecule has 1 aromatic heterocycles. The number of carbonyl (C=O) groups is 1. The molecule has 100 valence electrons. The van der Waals surface area contributed by atoms with Gasteiger partial charge in [0.15, 0.2) is 0 Å². The quantitative estimate of drug-likeness (QED) is 0.685. The van der Waals surface area contributed by atoms with Crippen molar-refractivity contribution in [3.05, 3.63) is 29.6 Å². The van der Waals surface area contributed by atoms with E-state index in [2.05, 4.69) is 10.3 Å². The fourth-order valence-electron chi connectivity index (χ4n) is 1.49. The molecule has 1 heterocycles. The zero-order chi connectivity index (χ0) is 13.5. The van der Waals surface area contributed by atoms with E-state index in [0.29, 0.717) is 6.54 Å². The topological polar surface area (TPSA) is 82.5 Å². The van der Waals surface area contributed by atoms with E-state index in [1.807, 2.05) is 13.2 Å². The molecule has 0 aromatic carbocycles. The number of aromatic carboxylic acids is 1. The molecule has 0 bridgehead atoms. The Labute approximate surface area is 111 Å². The fraction of sp³-hybridized carbons (Fsp3) is 0.500. The molecule has 0 fully saturated rings. The van der Waals surface area contributed by atoms with Crippen molar-refractivity contribution in [1.29, 1.82) is 0 Å². The Kier molecular flexibility index (Phi) is 6.11. The van der Waals surface area contributed by atoms with Gasteiger partial charge in [0.2, 0.25) is 0 Å². The summed E-state index contributed by atoms with van der Waals surface area (Å²) < 4.78 is 0. The Bertz CT molecular complexity index is 379. The van der Waals surface area contributed by atoms with Crippen molar-refractivity contribution in [3.63, 3.8) is 0 Å². The molecule has 0 saturated heterocycles. The third kappa shape index (κ3) is 4.29. The zero-order valence-corrected chi connectivity index (χ0v) is 11.3. The highest BCUT2D eigenvalue weighted by molar-refractivity contribution is 7.99. The minimum absolute atomic E-state index is 0.126. The molecule has 1 rings (SSSR count). The predicted molar refractivity (Wildman–Crippen MR) is 71.9 cm³/mol. The second kappa shape index (κ2) is 7.35. The van der Waals surface area contributed by atoms with Crippen LogP contribution in [-0.2, 0) is 6.54 Å². The van der Waals surface area contributed by atoms with Gasteiger partial charge in [0, 0.05) is 24.0 Å². The molecule has 0 radical (unpaired) electrons. The van der Waals surface area contributed by atoms with Crippen molar-refractivity contribution in [2.75, 3.05) is 12.9 Å². The Hall–Kier alpha value is -1.11. The first-order chi connectivity index (χ1) is 8.58. The van der Waals surface area contributed by atoms with E-state index in [1.165, 1.54) is 12.3 Å². The van der Waals surface area contributed by atoms with Crippen molar-refractivity contribution in [1.82, 2.24) is 10.3 Å². The molecule has 0 aliphatic carbocycles. The molecular weight excluding hydrogens is 252 g/mol. The van der Waals surface area contributed by atoms with Crippen LogP contribution in [0.2, 0.25) is 0 Å². The van der Waals surface area contributed by atoms with Crippen LogP contribution in [0, 0.1) is 0 Å². The molecule has 18 heavy (non-hydrogen) atoms. The Morgan fingerprint density at radius 2 is 2.28 bits per heavy atom. The summed E-state index contributed by atoms with van der Waals surface area (Å²) in [6.07, 6.45) is 3.31. The van der Waals surface area contributed by atoms with Gasteiger partial charge in [-0.3, -0.25) is 4.98 Å². The zero-order valence-electron chi connectivity index (χ0n) is 10.5. The molecule has 0 spiro atoms. The van der Waals surface area contributed by atoms with Gasteiger partial charge in [-0.05, 0) is 25.3 Å². The third-order valence-electron chi connectivity index (χ3n) is 2.72. The lowest BCUT2D eigenvalue weighted by Crippen LogP contribution is -2.37. The number of nitrogens with one attached hydrogen (secondary N) is 1. The van der Waals surface area contributed by atoms with Crippen molar-refractivity contribution in [2.45, 2.75) is 24.8 Å². The molecule has 3 N–H and O–H groups in total. The molecule has 0 saturated carbocycles. The van der Waals surface area contributed by atoms with Crippen LogP contribution in [0.25, 0.3) is 0 Å². The Morgan fingerprint density at radius 1 is 1.56 bits per heavy atom. The van der Waals surface area contributed by atoms with E-state index < -0.39 is 5.97 Å². The molecule has 0 amide bonds. The van der Waals surface area contributed by atoms with Gasteiger partial charge in [-0.15, -0.1) is 0 Å². The standard InChI is InChI=1S/C12H18N2O3S/c1-8(11(7-15)18-2)13-6-10-4-3-9(5-14-10)12(16)17/h3-5,8,11,13,15H,6-7H2,1-2H3,(H,16,17). The van der Waals surface area contributed by atoms with Crippen LogP contribution in [0.15, 0.2) is 18.3 Å². The van der Waals surface area contributed by atoms with Crippen LogP contribution in [0.3, 0.4) is 0 Å². The maximum atomic E-state index is 10.7. The summed E-state index contributed by atoms with van der Waals surface area (Å²) >= 11 is 1.61. The first-order valence-corrected chi connectivity index (χ1v) is 6.92. The van der Waals surface area contributed by atoms with Crippen LogP contribution < -0.4 is 5.32 Å². The average Bonchev–Trinajstić information content (AvgIpc) is 2.38. The van der Waals surface area contributed by atoms with Gasteiger partial charge >= 0.3 is 5.97 Å². The number of carboxylic acids is 1. The molecular formula is C12H18N2O3S. The molecule has 6 heteroatoms. The lowest BCUT2D eigenvalue weighted by Gasteiger charge is -2.21. The van der Waals surface area contributed by atoms with E-state index in [1.54, 1.807) is 17.8 Å². The van der Waals surface area contributed by atoms with Gasteiger partial charge in [-0.1, -0.05) is 0 Å². The molecule has 5 nitrogen and oxygen atoms in total. The highest BCUT2D eigenvalue weighted by Crippen LogP contribution is 2.10. The highest BCUT2D eigenvalue weighted by atomic mass is 32.2. The predicted octanol–water partition coefficient (Wildman–Crippen LogP) is 0.982. The van der Waals surface area contributed by atoms with Crippen LogP contribution in [0.5, 0.6) is 0 Å². The van der Waals surface area contributed by atoms with Crippen molar-refractivity contribution < 1.29 is 15.0 Å². The number of aliphatic hydroxyl groups is 1. The van der Waals surface area contributed by atoms with Crippen LogP contribution in [-0.4, -0.2) is 45.3 Å². The van der Waals surface area contributed by atoms with E-state index in [0.717, 1.165) is 5.69 Å².